The summed E-state index contributed by atoms with van der Waals surface area (Å²) < 4.78 is 10.4. The number of carboxylic acids is 1. The van der Waals surface area contributed by atoms with E-state index in [-0.39, 0.29) is 19.6 Å². The summed E-state index contributed by atoms with van der Waals surface area (Å²) in [6.45, 7) is 0.148. The Morgan fingerprint density at radius 3 is 2.29 bits per heavy atom. The summed E-state index contributed by atoms with van der Waals surface area (Å²) in [6.07, 6.45) is -0.766. The van der Waals surface area contributed by atoms with Crippen molar-refractivity contribution in [1.82, 2.24) is 0 Å². The van der Waals surface area contributed by atoms with E-state index in [1.807, 2.05) is 30.3 Å². The van der Waals surface area contributed by atoms with Crippen molar-refractivity contribution in [2.75, 3.05) is 18.6 Å². The third-order valence-electron chi connectivity index (χ3n) is 3.36. The van der Waals surface area contributed by atoms with E-state index >= 15 is 0 Å². The van der Waals surface area contributed by atoms with Crippen LogP contribution in [0.5, 0.6) is 5.75 Å². The minimum absolute atomic E-state index is 0.0231. The van der Waals surface area contributed by atoms with E-state index in [1.165, 1.54) is 4.90 Å². The number of aliphatic carboxylic acids is 1. The van der Waals surface area contributed by atoms with E-state index in [2.05, 4.69) is 0 Å². The van der Waals surface area contributed by atoms with Crippen LogP contribution in [0.4, 0.5) is 10.5 Å². The van der Waals surface area contributed by atoms with Crippen LogP contribution in [0.25, 0.3) is 0 Å². The highest BCUT2D eigenvalue weighted by molar-refractivity contribution is 5.88. The molecule has 0 aliphatic rings. The second kappa shape index (κ2) is 8.57. The standard InChI is InChI=1S/C18H19NO5/c1-23-16-9-7-15(8-10-16)19(12-11-17(20)21)18(22)24-13-14-5-3-2-4-6-14/h2-10H,11-13H2,1H3,(H,20,21). The zero-order valence-electron chi connectivity index (χ0n) is 13.3. The number of amides is 1. The van der Waals surface area contributed by atoms with Gasteiger partial charge in [0, 0.05) is 12.2 Å². The number of hydrogen-bond donors (Lipinski definition) is 1. The maximum atomic E-state index is 12.4. The van der Waals surface area contributed by atoms with Crippen LogP contribution in [0.15, 0.2) is 54.6 Å². The van der Waals surface area contributed by atoms with Crippen molar-refractivity contribution in [2.45, 2.75) is 13.0 Å². The van der Waals surface area contributed by atoms with Crippen LogP contribution in [0.1, 0.15) is 12.0 Å². The Morgan fingerprint density at radius 2 is 1.71 bits per heavy atom. The number of ether oxygens (including phenoxy) is 2. The summed E-state index contributed by atoms with van der Waals surface area (Å²) in [4.78, 5) is 24.5. The second-order valence-corrected chi connectivity index (χ2v) is 5.03. The molecule has 0 fully saturated rings. The van der Waals surface area contributed by atoms with Crippen molar-refractivity contribution < 1.29 is 24.2 Å². The molecule has 0 aliphatic carbocycles. The third kappa shape index (κ3) is 5.01. The monoisotopic (exact) mass is 329 g/mol. The molecular weight excluding hydrogens is 310 g/mol. The minimum Gasteiger partial charge on any atom is -0.497 e. The quantitative estimate of drug-likeness (QED) is 0.843. The molecule has 0 unspecified atom stereocenters. The second-order valence-electron chi connectivity index (χ2n) is 5.03. The van der Waals surface area contributed by atoms with Gasteiger partial charge >= 0.3 is 12.1 Å². The van der Waals surface area contributed by atoms with E-state index in [9.17, 15) is 9.59 Å². The van der Waals surface area contributed by atoms with Gasteiger partial charge in [-0.25, -0.2) is 4.79 Å². The molecule has 0 atom stereocenters. The first-order valence-corrected chi connectivity index (χ1v) is 7.44. The maximum absolute atomic E-state index is 12.4. The molecule has 24 heavy (non-hydrogen) atoms. The number of nitrogens with zero attached hydrogens (tertiary/aromatic N) is 1. The molecule has 0 saturated heterocycles. The molecule has 0 heterocycles. The summed E-state index contributed by atoms with van der Waals surface area (Å²) >= 11 is 0. The van der Waals surface area contributed by atoms with Crippen molar-refractivity contribution in [2.24, 2.45) is 0 Å². The lowest BCUT2D eigenvalue weighted by atomic mass is 10.2. The van der Waals surface area contributed by atoms with Crippen LogP contribution >= 0.6 is 0 Å². The normalized spacial score (nSPS) is 10.0. The molecule has 2 aromatic rings. The molecule has 6 heteroatoms. The SMILES string of the molecule is COc1ccc(N(CCC(=O)O)C(=O)OCc2ccccc2)cc1. The van der Waals surface area contributed by atoms with Gasteiger partial charge in [0.2, 0.25) is 0 Å². The Balaban J connectivity index is 2.08. The largest absolute Gasteiger partial charge is 0.497 e. The zero-order chi connectivity index (χ0) is 17.4. The van der Waals surface area contributed by atoms with Gasteiger partial charge in [0.1, 0.15) is 12.4 Å². The number of anilines is 1. The average Bonchev–Trinajstić information content (AvgIpc) is 2.61. The number of hydrogen-bond acceptors (Lipinski definition) is 4. The number of rotatable bonds is 7. The minimum atomic E-state index is -0.982. The Labute approximate surface area is 140 Å². The topological polar surface area (TPSA) is 76.1 Å². The number of benzene rings is 2. The fourth-order valence-electron chi connectivity index (χ4n) is 2.09. The fraction of sp³-hybridized carbons (Fsp3) is 0.222. The highest BCUT2D eigenvalue weighted by Gasteiger charge is 2.18. The highest BCUT2D eigenvalue weighted by Crippen LogP contribution is 2.20. The molecule has 0 spiro atoms. The predicted octanol–water partition coefficient (Wildman–Crippen LogP) is 3.31. The van der Waals surface area contributed by atoms with E-state index in [4.69, 9.17) is 14.6 Å². The first-order valence-electron chi connectivity index (χ1n) is 7.44. The van der Waals surface area contributed by atoms with E-state index in [0.29, 0.717) is 11.4 Å². The van der Waals surface area contributed by atoms with Crippen LogP contribution in [0, 0.1) is 0 Å². The van der Waals surface area contributed by atoms with Crippen LogP contribution < -0.4 is 9.64 Å². The Hall–Kier alpha value is -3.02. The summed E-state index contributed by atoms with van der Waals surface area (Å²) in [6, 6.07) is 16.1. The lowest BCUT2D eigenvalue weighted by Gasteiger charge is -2.22. The molecule has 6 nitrogen and oxygen atoms in total. The zero-order valence-corrected chi connectivity index (χ0v) is 13.3. The number of carbonyl (C=O) groups excluding carboxylic acids is 1. The van der Waals surface area contributed by atoms with Crippen molar-refractivity contribution in [1.29, 1.82) is 0 Å². The Kier molecular flexibility index (Phi) is 6.19. The van der Waals surface area contributed by atoms with E-state index < -0.39 is 12.1 Å². The molecular formula is C18H19NO5. The summed E-state index contributed by atoms with van der Waals surface area (Å²) in [5, 5.41) is 8.88. The molecule has 2 aromatic carbocycles. The molecule has 0 aromatic heterocycles. The Bertz CT molecular complexity index is 670. The highest BCUT2D eigenvalue weighted by atomic mass is 16.6. The Morgan fingerprint density at radius 1 is 1.04 bits per heavy atom. The fourth-order valence-corrected chi connectivity index (χ4v) is 2.09. The van der Waals surface area contributed by atoms with Gasteiger partial charge in [-0.05, 0) is 29.8 Å². The third-order valence-corrected chi connectivity index (χ3v) is 3.36. The predicted molar refractivity (Wildman–Crippen MR) is 89.2 cm³/mol. The van der Waals surface area contributed by atoms with E-state index in [1.54, 1.807) is 31.4 Å². The van der Waals surface area contributed by atoms with Gasteiger partial charge in [-0.2, -0.15) is 0 Å². The van der Waals surface area contributed by atoms with Gasteiger partial charge < -0.3 is 14.6 Å². The first-order chi connectivity index (χ1) is 11.6. The van der Waals surface area contributed by atoms with Crippen molar-refractivity contribution in [3.05, 3.63) is 60.2 Å². The van der Waals surface area contributed by atoms with Gasteiger partial charge in [-0.15, -0.1) is 0 Å². The van der Waals surface area contributed by atoms with Crippen LogP contribution in [0.3, 0.4) is 0 Å². The molecule has 0 aliphatic heterocycles. The van der Waals surface area contributed by atoms with Crippen molar-refractivity contribution in [3.63, 3.8) is 0 Å². The maximum Gasteiger partial charge on any atom is 0.414 e. The van der Waals surface area contributed by atoms with Gasteiger partial charge in [-0.3, -0.25) is 9.69 Å². The van der Waals surface area contributed by atoms with Gasteiger partial charge in [0.15, 0.2) is 0 Å². The lowest BCUT2D eigenvalue weighted by Crippen LogP contribution is -2.33. The lowest BCUT2D eigenvalue weighted by molar-refractivity contribution is -0.136. The van der Waals surface area contributed by atoms with Crippen LogP contribution in [-0.2, 0) is 16.1 Å². The number of carbonyl (C=O) groups is 2. The summed E-state index contributed by atoms with van der Waals surface area (Å²) in [5.74, 6) is -0.334. The van der Waals surface area contributed by atoms with Gasteiger partial charge in [0.05, 0.1) is 13.5 Å². The van der Waals surface area contributed by atoms with Crippen LogP contribution in [0.2, 0.25) is 0 Å². The molecule has 2 rings (SSSR count). The molecule has 0 saturated carbocycles. The molecule has 0 radical (unpaired) electrons. The van der Waals surface area contributed by atoms with Gasteiger partial charge in [-0.1, -0.05) is 30.3 Å². The van der Waals surface area contributed by atoms with E-state index in [0.717, 1.165) is 5.56 Å². The average molecular weight is 329 g/mol. The van der Waals surface area contributed by atoms with Crippen molar-refractivity contribution in [3.8, 4) is 5.75 Å². The summed E-state index contributed by atoms with van der Waals surface area (Å²) in [7, 11) is 1.55. The molecule has 0 bridgehead atoms. The number of methoxy groups -OCH3 is 1. The molecule has 1 amide bonds. The van der Waals surface area contributed by atoms with Crippen molar-refractivity contribution >= 4 is 17.7 Å². The number of carboxylic acid groups (broad SMARTS) is 1. The van der Waals surface area contributed by atoms with Gasteiger partial charge in [0.25, 0.3) is 0 Å². The molecule has 1 N–H and O–H groups in total. The first kappa shape index (κ1) is 17.3. The summed E-state index contributed by atoms with van der Waals surface area (Å²) in [5.41, 5.74) is 1.41. The van der Waals surface area contributed by atoms with Crippen LogP contribution in [-0.4, -0.2) is 30.8 Å². The molecule has 126 valence electrons. The smallest absolute Gasteiger partial charge is 0.414 e.